The Morgan fingerprint density at radius 3 is 2.62 bits per heavy atom. The third kappa shape index (κ3) is 2.39. The van der Waals surface area contributed by atoms with Gasteiger partial charge in [-0.1, -0.05) is 23.2 Å². The van der Waals surface area contributed by atoms with Crippen LogP contribution < -0.4 is 5.32 Å². The molecule has 2 N–H and O–H groups in total. The van der Waals surface area contributed by atoms with E-state index in [-0.39, 0.29) is 18.2 Å². The first kappa shape index (κ1) is 12.7. The van der Waals surface area contributed by atoms with E-state index >= 15 is 0 Å². The Labute approximate surface area is 110 Å². The zero-order valence-corrected chi connectivity index (χ0v) is 11.4. The topological polar surface area (TPSA) is 32.3 Å². The SMILES string of the molecule is CC(NC1(CO)CCC1)c1cc(Cl)sc1Cl. The molecular weight excluding hydrogens is 265 g/mol. The van der Waals surface area contributed by atoms with E-state index in [4.69, 9.17) is 23.2 Å². The van der Waals surface area contributed by atoms with Crippen LogP contribution in [0.1, 0.15) is 37.8 Å². The highest BCUT2D eigenvalue weighted by atomic mass is 35.5. The van der Waals surface area contributed by atoms with Crippen LogP contribution in [-0.4, -0.2) is 17.3 Å². The third-order valence-corrected chi connectivity index (χ3v) is 4.80. The molecule has 1 aliphatic rings. The molecule has 1 aromatic heterocycles. The standard InChI is InChI=1S/C11H15Cl2NOS/c1-7(8-5-9(12)16-10(8)13)14-11(6-15)3-2-4-11/h5,7,14-15H,2-4,6H2,1H3. The van der Waals surface area contributed by atoms with Gasteiger partial charge in [-0.2, -0.15) is 0 Å². The van der Waals surface area contributed by atoms with E-state index in [0.717, 1.165) is 22.7 Å². The lowest BCUT2D eigenvalue weighted by Gasteiger charge is -2.43. The van der Waals surface area contributed by atoms with Crippen molar-refractivity contribution < 1.29 is 5.11 Å². The molecule has 1 atom stereocenters. The molecule has 2 rings (SSSR count). The Hall–Kier alpha value is 0.200. The van der Waals surface area contributed by atoms with Gasteiger partial charge < -0.3 is 10.4 Å². The lowest BCUT2D eigenvalue weighted by molar-refractivity contribution is 0.0788. The summed E-state index contributed by atoms with van der Waals surface area (Å²) >= 11 is 13.4. The molecule has 0 saturated heterocycles. The normalized spacial score (nSPS) is 20.5. The predicted molar refractivity (Wildman–Crippen MR) is 69.6 cm³/mol. The van der Waals surface area contributed by atoms with Gasteiger partial charge in [0.2, 0.25) is 0 Å². The average molecular weight is 280 g/mol. The molecule has 0 aromatic carbocycles. The second kappa shape index (κ2) is 4.83. The quantitative estimate of drug-likeness (QED) is 0.882. The fourth-order valence-corrected chi connectivity index (χ4v) is 3.78. The minimum absolute atomic E-state index is 0.100. The molecule has 1 aliphatic carbocycles. The fourth-order valence-electron chi connectivity index (χ4n) is 2.14. The van der Waals surface area contributed by atoms with Crippen LogP contribution in [0.4, 0.5) is 0 Å². The molecule has 1 aromatic rings. The molecule has 1 fully saturated rings. The van der Waals surface area contributed by atoms with Crippen LogP contribution in [0, 0.1) is 0 Å². The van der Waals surface area contributed by atoms with Crippen LogP contribution in [0.2, 0.25) is 8.67 Å². The monoisotopic (exact) mass is 279 g/mol. The van der Waals surface area contributed by atoms with Crippen molar-refractivity contribution in [3.05, 3.63) is 20.3 Å². The third-order valence-electron chi connectivity index (χ3n) is 3.29. The maximum Gasteiger partial charge on any atom is 0.0991 e. The number of aliphatic hydroxyl groups is 1. The van der Waals surface area contributed by atoms with E-state index in [2.05, 4.69) is 12.2 Å². The van der Waals surface area contributed by atoms with Crippen molar-refractivity contribution in [2.75, 3.05) is 6.61 Å². The molecule has 0 radical (unpaired) electrons. The van der Waals surface area contributed by atoms with Gasteiger partial charge in [0.15, 0.2) is 0 Å². The summed E-state index contributed by atoms with van der Waals surface area (Å²) in [6.07, 6.45) is 3.24. The zero-order chi connectivity index (χ0) is 11.8. The Balaban J connectivity index is 2.07. The van der Waals surface area contributed by atoms with Gasteiger partial charge in [0, 0.05) is 11.6 Å². The minimum Gasteiger partial charge on any atom is -0.394 e. The fraction of sp³-hybridized carbons (Fsp3) is 0.636. The zero-order valence-electron chi connectivity index (χ0n) is 9.09. The summed E-state index contributed by atoms with van der Waals surface area (Å²) in [6, 6.07) is 2.03. The van der Waals surface area contributed by atoms with E-state index in [1.165, 1.54) is 17.8 Å². The van der Waals surface area contributed by atoms with Crippen LogP contribution in [0.3, 0.4) is 0 Å². The first-order valence-electron chi connectivity index (χ1n) is 5.40. The van der Waals surface area contributed by atoms with Crippen LogP contribution in [0.25, 0.3) is 0 Å². The maximum absolute atomic E-state index is 9.39. The molecule has 16 heavy (non-hydrogen) atoms. The first-order valence-corrected chi connectivity index (χ1v) is 6.97. The largest absolute Gasteiger partial charge is 0.394 e. The summed E-state index contributed by atoms with van der Waals surface area (Å²) in [5, 5.41) is 12.9. The smallest absolute Gasteiger partial charge is 0.0991 e. The number of aliphatic hydroxyl groups excluding tert-OH is 1. The summed E-state index contributed by atoms with van der Waals surface area (Å²) in [6.45, 7) is 2.24. The Bertz CT molecular complexity index is 371. The van der Waals surface area contributed by atoms with E-state index in [1.54, 1.807) is 0 Å². The summed E-state index contributed by atoms with van der Waals surface area (Å²) in [5.41, 5.74) is 0.924. The van der Waals surface area contributed by atoms with Crippen LogP contribution >= 0.6 is 34.5 Å². The average Bonchev–Trinajstić information content (AvgIpc) is 2.51. The lowest BCUT2D eigenvalue weighted by atomic mass is 9.77. The molecule has 0 amide bonds. The Kier molecular flexibility index (Phi) is 3.82. The highest BCUT2D eigenvalue weighted by Crippen LogP contribution is 2.38. The molecule has 1 saturated carbocycles. The molecule has 90 valence electrons. The van der Waals surface area contributed by atoms with Crippen LogP contribution in [0.15, 0.2) is 6.07 Å². The van der Waals surface area contributed by atoms with Crippen molar-refractivity contribution in [2.45, 2.75) is 37.8 Å². The van der Waals surface area contributed by atoms with Gasteiger partial charge in [0.25, 0.3) is 0 Å². The van der Waals surface area contributed by atoms with Crippen molar-refractivity contribution in [3.63, 3.8) is 0 Å². The second-order valence-electron chi connectivity index (χ2n) is 4.44. The summed E-state index contributed by atoms with van der Waals surface area (Å²) in [4.78, 5) is 0. The molecular formula is C11H15Cl2NOS. The van der Waals surface area contributed by atoms with Gasteiger partial charge in [-0.05, 0) is 37.8 Å². The first-order chi connectivity index (χ1) is 7.56. The van der Waals surface area contributed by atoms with Gasteiger partial charge in [-0.3, -0.25) is 0 Å². The maximum atomic E-state index is 9.39. The number of thiophene rings is 1. The number of rotatable bonds is 4. The minimum atomic E-state index is -0.100. The molecule has 2 nitrogen and oxygen atoms in total. The second-order valence-corrected chi connectivity index (χ2v) is 6.72. The van der Waals surface area contributed by atoms with Crippen LogP contribution in [-0.2, 0) is 0 Å². The lowest BCUT2D eigenvalue weighted by Crippen LogP contribution is -2.54. The van der Waals surface area contributed by atoms with E-state index in [0.29, 0.717) is 4.34 Å². The van der Waals surface area contributed by atoms with Gasteiger partial charge in [-0.15, -0.1) is 11.3 Å². The van der Waals surface area contributed by atoms with Gasteiger partial charge >= 0.3 is 0 Å². The van der Waals surface area contributed by atoms with Crippen molar-refractivity contribution >= 4 is 34.5 Å². The highest BCUT2D eigenvalue weighted by Gasteiger charge is 2.37. The van der Waals surface area contributed by atoms with Gasteiger partial charge in [0.05, 0.1) is 15.3 Å². The van der Waals surface area contributed by atoms with Crippen LogP contribution in [0.5, 0.6) is 0 Å². The molecule has 0 aliphatic heterocycles. The molecule has 0 bridgehead atoms. The van der Waals surface area contributed by atoms with E-state index < -0.39 is 0 Å². The number of hydrogen-bond acceptors (Lipinski definition) is 3. The predicted octanol–water partition coefficient (Wildman–Crippen LogP) is 3.62. The van der Waals surface area contributed by atoms with Crippen molar-refractivity contribution in [1.82, 2.24) is 5.32 Å². The Morgan fingerprint density at radius 2 is 2.25 bits per heavy atom. The summed E-state index contributed by atoms with van der Waals surface area (Å²) in [7, 11) is 0. The van der Waals surface area contributed by atoms with E-state index in [1.807, 2.05) is 6.07 Å². The Morgan fingerprint density at radius 1 is 1.56 bits per heavy atom. The molecule has 1 heterocycles. The van der Waals surface area contributed by atoms with Gasteiger partial charge in [0.1, 0.15) is 0 Å². The van der Waals surface area contributed by atoms with Crippen molar-refractivity contribution in [3.8, 4) is 0 Å². The highest BCUT2D eigenvalue weighted by molar-refractivity contribution is 7.20. The number of halogens is 2. The van der Waals surface area contributed by atoms with Crippen molar-refractivity contribution in [2.24, 2.45) is 0 Å². The van der Waals surface area contributed by atoms with Gasteiger partial charge in [-0.25, -0.2) is 0 Å². The van der Waals surface area contributed by atoms with E-state index in [9.17, 15) is 5.11 Å². The molecule has 5 heteroatoms. The van der Waals surface area contributed by atoms with Crippen molar-refractivity contribution in [1.29, 1.82) is 0 Å². The molecule has 0 spiro atoms. The number of hydrogen-bond donors (Lipinski definition) is 2. The summed E-state index contributed by atoms with van der Waals surface area (Å²) in [5.74, 6) is 0. The molecule has 1 unspecified atom stereocenters. The number of nitrogens with one attached hydrogen (secondary N) is 1. The summed E-state index contributed by atoms with van der Waals surface area (Å²) < 4.78 is 1.44.